The van der Waals surface area contributed by atoms with Gasteiger partial charge in [-0.2, -0.15) is 0 Å². The number of benzene rings is 2. The van der Waals surface area contributed by atoms with E-state index in [0.717, 1.165) is 10.0 Å². The first kappa shape index (κ1) is 12.9. The van der Waals surface area contributed by atoms with Crippen LogP contribution in [0, 0.1) is 12.7 Å². The van der Waals surface area contributed by atoms with Gasteiger partial charge in [-0.15, -0.1) is 0 Å². The SMILES string of the molecule is Cc1ccc(OCc2cccc(N)c2Br)cc1F. The molecule has 0 aliphatic heterocycles. The van der Waals surface area contributed by atoms with Crippen LogP contribution in [0.3, 0.4) is 0 Å². The number of hydrogen-bond donors (Lipinski definition) is 1. The molecule has 0 unspecified atom stereocenters. The molecule has 0 fully saturated rings. The van der Waals surface area contributed by atoms with Crippen molar-refractivity contribution in [2.45, 2.75) is 13.5 Å². The third kappa shape index (κ3) is 2.82. The zero-order valence-electron chi connectivity index (χ0n) is 9.91. The van der Waals surface area contributed by atoms with Crippen LogP contribution in [0.2, 0.25) is 0 Å². The molecule has 94 valence electrons. The third-order valence-electron chi connectivity index (χ3n) is 2.65. The predicted octanol–water partition coefficient (Wildman–Crippen LogP) is 4.06. The maximum Gasteiger partial charge on any atom is 0.129 e. The molecule has 18 heavy (non-hydrogen) atoms. The van der Waals surface area contributed by atoms with Crippen molar-refractivity contribution in [2.24, 2.45) is 0 Å². The van der Waals surface area contributed by atoms with Crippen LogP contribution in [-0.4, -0.2) is 0 Å². The zero-order valence-corrected chi connectivity index (χ0v) is 11.5. The third-order valence-corrected chi connectivity index (χ3v) is 3.61. The maximum absolute atomic E-state index is 13.3. The van der Waals surface area contributed by atoms with Crippen molar-refractivity contribution >= 4 is 21.6 Å². The van der Waals surface area contributed by atoms with Crippen molar-refractivity contribution in [3.63, 3.8) is 0 Å². The fraction of sp³-hybridized carbons (Fsp3) is 0.143. The molecule has 2 aromatic carbocycles. The Kier molecular flexibility index (Phi) is 3.87. The first-order valence-electron chi connectivity index (χ1n) is 5.50. The number of anilines is 1. The summed E-state index contributed by atoms with van der Waals surface area (Å²) in [6, 6.07) is 10.4. The molecule has 4 heteroatoms. The van der Waals surface area contributed by atoms with E-state index >= 15 is 0 Å². The monoisotopic (exact) mass is 309 g/mol. The van der Waals surface area contributed by atoms with Crippen LogP contribution >= 0.6 is 15.9 Å². The standard InChI is InChI=1S/C14H13BrFNO/c1-9-5-6-11(7-12(9)16)18-8-10-3-2-4-13(17)14(10)15/h2-7H,8,17H2,1H3. The minimum atomic E-state index is -0.265. The molecule has 0 saturated carbocycles. The summed E-state index contributed by atoms with van der Waals surface area (Å²) in [5.74, 6) is 0.242. The molecule has 0 spiro atoms. The summed E-state index contributed by atoms with van der Waals surface area (Å²) in [6.07, 6.45) is 0. The number of rotatable bonds is 3. The summed E-state index contributed by atoms with van der Waals surface area (Å²) in [5, 5.41) is 0. The van der Waals surface area contributed by atoms with Gasteiger partial charge in [0.05, 0.1) is 0 Å². The van der Waals surface area contributed by atoms with Crippen LogP contribution in [0.1, 0.15) is 11.1 Å². The number of halogens is 2. The number of nitrogens with two attached hydrogens (primary N) is 1. The lowest BCUT2D eigenvalue weighted by Crippen LogP contribution is -1.99. The second-order valence-electron chi connectivity index (χ2n) is 4.02. The minimum Gasteiger partial charge on any atom is -0.489 e. The summed E-state index contributed by atoms with van der Waals surface area (Å²) < 4.78 is 19.7. The molecular formula is C14H13BrFNO. The van der Waals surface area contributed by atoms with Gasteiger partial charge < -0.3 is 10.5 Å². The highest BCUT2D eigenvalue weighted by molar-refractivity contribution is 9.10. The lowest BCUT2D eigenvalue weighted by Gasteiger charge is -2.09. The average molecular weight is 310 g/mol. The Morgan fingerprint density at radius 2 is 2.06 bits per heavy atom. The van der Waals surface area contributed by atoms with Crippen molar-refractivity contribution in [1.29, 1.82) is 0 Å². The van der Waals surface area contributed by atoms with E-state index in [9.17, 15) is 4.39 Å². The van der Waals surface area contributed by atoms with Gasteiger partial charge in [0.1, 0.15) is 18.2 Å². The number of aryl methyl sites for hydroxylation is 1. The van der Waals surface area contributed by atoms with Gasteiger partial charge in [-0.05, 0) is 40.5 Å². The molecule has 0 aliphatic carbocycles. The zero-order chi connectivity index (χ0) is 13.1. The van der Waals surface area contributed by atoms with Gasteiger partial charge in [0, 0.05) is 21.8 Å². The second-order valence-corrected chi connectivity index (χ2v) is 4.81. The Morgan fingerprint density at radius 3 is 2.78 bits per heavy atom. The Bertz CT molecular complexity index is 572. The lowest BCUT2D eigenvalue weighted by atomic mass is 10.2. The van der Waals surface area contributed by atoms with Crippen molar-refractivity contribution in [1.82, 2.24) is 0 Å². The van der Waals surface area contributed by atoms with Crippen LogP contribution in [0.4, 0.5) is 10.1 Å². The van der Waals surface area contributed by atoms with Gasteiger partial charge in [-0.1, -0.05) is 18.2 Å². The molecule has 0 aromatic heterocycles. The topological polar surface area (TPSA) is 35.2 Å². The lowest BCUT2D eigenvalue weighted by molar-refractivity contribution is 0.304. The fourth-order valence-corrected chi connectivity index (χ4v) is 1.91. The quantitative estimate of drug-likeness (QED) is 0.868. The van der Waals surface area contributed by atoms with Crippen LogP contribution in [0.15, 0.2) is 40.9 Å². The van der Waals surface area contributed by atoms with E-state index in [1.165, 1.54) is 6.07 Å². The molecular weight excluding hydrogens is 297 g/mol. The van der Waals surface area contributed by atoms with Crippen LogP contribution < -0.4 is 10.5 Å². The normalized spacial score (nSPS) is 10.4. The highest BCUT2D eigenvalue weighted by Crippen LogP contribution is 2.25. The highest BCUT2D eigenvalue weighted by atomic mass is 79.9. The van der Waals surface area contributed by atoms with Crippen LogP contribution in [0.25, 0.3) is 0 Å². The van der Waals surface area contributed by atoms with E-state index in [4.69, 9.17) is 10.5 Å². The molecule has 0 radical (unpaired) electrons. The fourth-order valence-electron chi connectivity index (χ4n) is 1.54. The summed E-state index contributed by atoms with van der Waals surface area (Å²) in [4.78, 5) is 0. The second kappa shape index (κ2) is 5.40. The molecule has 2 aromatic rings. The molecule has 0 aliphatic rings. The Hall–Kier alpha value is -1.55. The number of ether oxygens (including phenoxy) is 1. The van der Waals surface area contributed by atoms with E-state index in [0.29, 0.717) is 23.6 Å². The summed E-state index contributed by atoms with van der Waals surface area (Å²) in [7, 11) is 0. The predicted molar refractivity (Wildman–Crippen MR) is 74.0 cm³/mol. The van der Waals surface area contributed by atoms with E-state index < -0.39 is 0 Å². The Labute approximate surface area is 114 Å². The summed E-state index contributed by atoms with van der Waals surface area (Å²) in [6.45, 7) is 2.06. The van der Waals surface area contributed by atoms with Crippen LogP contribution in [-0.2, 0) is 6.61 Å². The Balaban J connectivity index is 2.11. The minimum absolute atomic E-state index is 0.265. The molecule has 0 atom stereocenters. The van der Waals surface area contributed by atoms with E-state index in [1.54, 1.807) is 25.1 Å². The van der Waals surface area contributed by atoms with Gasteiger partial charge in [-0.25, -0.2) is 4.39 Å². The van der Waals surface area contributed by atoms with Crippen molar-refractivity contribution in [3.8, 4) is 5.75 Å². The highest BCUT2D eigenvalue weighted by Gasteiger charge is 2.05. The van der Waals surface area contributed by atoms with Crippen molar-refractivity contribution in [3.05, 3.63) is 57.8 Å². The van der Waals surface area contributed by atoms with Gasteiger partial charge in [0.15, 0.2) is 0 Å². The van der Waals surface area contributed by atoms with E-state index in [1.807, 2.05) is 12.1 Å². The largest absolute Gasteiger partial charge is 0.489 e. The molecule has 0 bridgehead atoms. The summed E-state index contributed by atoms with van der Waals surface area (Å²) in [5.41, 5.74) is 7.96. The smallest absolute Gasteiger partial charge is 0.129 e. The van der Waals surface area contributed by atoms with Gasteiger partial charge in [0.25, 0.3) is 0 Å². The molecule has 2 rings (SSSR count). The van der Waals surface area contributed by atoms with Crippen molar-refractivity contribution < 1.29 is 9.13 Å². The van der Waals surface area contributed by atoms with Crippen LogP contribution in [0.5, 0.6) is 5.75 Å². The molecule has 2 nitrogen and oxygen atoms in total. The van der Waals surface area contributed by atoms with E-state index in [2.05, 4.69) is 15.9 Å². The molecule has 0 amide bonds. The summed E-state index contributed by atoms with van der Waals surface area (Å²) >= 11 is 3.40. The Morgan fingerprint density at radius 1 is 1.28 bits per heavy atom. The van der Waals surface area contributed by atoms with Crippen molar-refractivity contribution in [2.75, 3.05) is 5.73 Å². The average Bonchev–Trinajstić information content (AvgIpc) is 2.35. The molecule has 2 N–H and O–H groups in total. The number of hydrogen-bond acceptors (Lipinski definition) is 2. The molecule has 0 heterocycles. The van der Waals surface area contributed by atoms with E-state index in [-0.39, 0.29) is 5.82 Å². The molecule has 0 saturated heterocycles. The van der Waals surface area contributed by atoms with Gasteiger partial charge >= 0.3 is 0 Å². The maximum atomic E-state index is 13.3. The van der Waals surface area contributed by atoms with Gasteiger partial charge in [-0.3, -0.25) is 0 Å². The van der Waals surface area contributed by atoms with Gasteiger partial charge in [0.2, 0.25) is 0 Å². The first-order valence-corrected chi connectivity index (χ1v) is 6.29. The number of nitrogen functional groups attached to an aromatic ring is 1. The first-order chi connectivity index (χ1) is 8.58.